The number of hydrogen-bond acceptors (Lipinski definition) is 6. The molecule has 0 N–H and O–H groups in total. The number of rotatable bonds is 11. The summed E-state index contributed by atoms with van der Waals surface area (Å²) in [7, 11) is -0.0423. The molecule has 7 nitrogen and oxygen atoms in total. The van der Waals surface area contributed by atoms with Gasteiger partial charge in [0.25, 0.3) is 5.69 Å². The highest BCUT2D eigenvalue weighted by Gasteiger charge is 2.28. The van der Waals surface area contributed by atoms with Crippen LogP contribution in [0.25, 0.3) is 0 Å². The summed E-state index contributed by atoms with van der Waals surface area (Å²) < 4.78 is 26.1. The molecule has 1 aromatic rings. The van der Waals surface area contributed by atoms with Gasteiger partial charge in [-0.3, -0.25) is 10.1 Å². The molecule has 150 valence electrons. The van der Waals surface area contributed by atoms with Gasteiger partial charge in [0.15, 0.2) is 9.84 Å². The summed E-state index contributed by atoms with van der Waals surface area (Å²) in [4.78, 5) is 14.3. The smallest absolute Gasteiger partial charge is 0.272 e. The van der Waals surface area contributed by atoms with E-state index in [2.05, 4.69) is 37.8 Å². The lowest BCUT2D eigenvalue weighted by Crippen LogP contribution is -2.30. The SMILES string of the molecule is C#Cc1cc([N+](=O)[O-])cc(S(=O)(=O)CCCN(C)C)c1N(CCBr)CCBr. The normalized spacial score (nSPS) is 11.4. The van der Waals surface area contributed by atoms with Crippen LogP contribution in [0, 0.1) is 22.5 Å². The largest absolute Gasteiger partial charge is 0.368 e. The van der Waals surface area contributed by atoms with Crippen LogP contribution in [0.2, 0.25) is 0 Å². The van der Waals surface area contributed by atoms with Gasteiger partial charge in [0.05, 0.1) is 26.8 Å². The summed E-state index contributed by atoms with van der Waals surface area (Å²) in [6.45, 7) is 1.62. The van der Waals surface area contributed by atoms with E-state index in [0.717, 1.165) is 6.07 Å². The number of benzene rings is 1. The Balaban J connectivity index is 3.59. The molecule has 27 heavy (non-hydrogen) atoms. The van der Waals surface area contributed by atoms with Crippen LogP contribution in [0.15, 0.2) is 17.0 Å². The van der Waals surface area contributed by atoms with E-state index in [1.807, 2.05) is 23.9 Å². The molecule has 0 fully saturated rings. The number of nitrogens with zero attached hydrogens (tertiary/aromatic N) is 3. The molecule has 0 heterocycles. The second-order valence-electron chi connectivity index (χ2n) is 6.08. The average Bonchev–Trinajstić information content (AvgIpc) is 2.59. The third-order valence-corrected chi connectivity index (χ3v) is 6.32. The van der Waals surface area contributed by atoms with Gasteiger partial charge < -0.3 is 9.80 Å². The highest BCUT2D eigenvalue weighted by atomic mass is 79.9. The van der Waals surface area contributed by atoms with E-state index in [0.29, 0.717) is 42.4 Å². The molecule has 0 saturated carbocycles. The van der Waals surface area contributed by atoms with Crippen molar-refractivity contribution in [2.75, 3.05) is 55.0 Å². The lowest BCUT2D eigenvalue weighted by molar-refractivity contribution is -0.385. The average molecular weight is 525 g/mol. The van der Waals surface area contributed by atoms with Crippen molar-refractivity contribution in [3.8, 4) is 12.3 Å². The first-order valence-corrected chi connectivity index (χ1v) is 12.1. The lowest BCUT2D eigenvalue weighted by Gasteiger charge is -2.27. The number of alkyl halides is 2. The highest BCUT2D eigenvalue weighted by molar-refractivity contribution is 9.09. The molecule has 1 aromatic carbocycles. The Morgan fingerprint density at radius 1 is 1.19 bits per heavy atom. The van der Waals surface area contributed by atoms with Gasteiger partial charge in [0.2, 0.25) is 0 Å². The lowest BCUT2D eigenvalue weighted by atomic mass is 10.1. The van der Waals surface area contributed by atoms with E-state index in [1.54, 1.807) is 0 Å². The number of anilines is 1. The Kier molecular flexibility index (Phi) is 9.73. The molecule has 0 unspecified atom stereocenters. The Hall–Kier alpha value is -1.15. The molecule has 1 rings (SSSR count). The zero-order valence-electron chi connectivity index (χ0n) is 15.3. The number of halogens is 2. The zero-order valence-corrected chi connectivity index (χ0v) is 19.3. The summed E-state index contributed by atoms with van der Waals surface area (Å²) in [5, 5.41) is 12.5. The van der Waals surface area contributed by atoms with Crippen molar-refractivity contribution in [2.45, 2.75) is 11.3 Å². The molecular formula is C17H23Br2N3O4S. The van der Waals surface area contributed by atoms with Crippen molar-refractivity contribution in [1.82, 2.24) is 4.90 Å². The Labute approximate surface area is 177 Å². The third-order valence-electron chi connectivity index (χ3n) is 3.80. The molecule has 0 atom stereocenters. The Morgan fingerprint density at radius 2 is 1.78 bits per heavy atom. The molecular weight excluding hydrogens is 502 g/mol. The van der Waals surface area contributed by atoms with Crippen molar-refractivity contribution in [3.05, 3.63) is 27.8 Å². The van der Waals surface area contributed by atoms with Gasteiger partial charge in [-0.15, -0.1) is 6.42 Å². The van der Waals surface area contributed by atoms with Gasteiger partial charge in [-0.25, -0.2) is 8.42 Å². The van der Waals surface area contributed by atoms with E-state index < -0.39 is 14.8 Å². The van der Waals surface area contributed by atoms with Crippen molar-refractivity contribution in [3.63, 3.8) is 0 Å². The van der Waals surface area contributed by atoms with Gasteiger partial charge in [-0.2, -0.15) is 0 Å². The van der Waals surface area contributed by atoms with E-state index in [4.69, 9.17) is 6.42 Å². The van der Waals surface area contributed by atoms with Crippen LogP contribution in [-0.4, -0.2) is 68.4 Å². The summed E-state index contributed by atoms with van der Waals surface area (Å²) in [5.74, 6) is 2.31. The van der Waals surface area contributed by atoms with Crippen LogP contribution in [0.5, 0.6) is 0 Å². The fourth-order valence-electron chi connectivity index (χ4n) is 2.59. The summed E-state index contributed by atoms with van der Waals surface area (Å²) in [6, 6.07) is 2.38. The molecule has 0 aliphatic carbocycles. The Morgan fingerprint density at radius 3 is 2.22 bits per heavy atom. The van der Waals surface area contributed by atoms with Crippen LogP contribution in [0.3, 0.4) is 0 Å². The molecule has 0 aromatic heterocycles. The number of hydrogen-bond donors (Lipinski definition) is 0. The van der Waals surface area contributed by atoms with Gasteiger partial charge in [-0.05, 0) is 27.1 Å². The molecule has 0 spiro atoms. The maximum atomic E-state index is 13.0. The standard InChI is InChI=1S/C17H23Br2N3O4S/c1-4-14-12-15(22(23)24)13-16(17(14)21(9-6-18)10-7-19)27(25,26)11-5-8-20(2)3/h1,12-13H,5-11H2,2-3H3. The van der Waals surface area contributed by atoms with Gasteiger partial charge in [0, 0.05) is 35.9 Å². The van der Waals surface area contributed by atoms with E-state index in [9.17, 15) is 18.5 Å². The van der Waals surface area contributed by atoms with Gasteiger partial charge in [-0.1, -0.05) is 37.8 Å². The first kappa shape index (κ1) is 23.9. The van der Waals surface area contributed by atoms with Crippen LogP contribution >= 0.6 is 31.9 Å². The van der Waals surface area contributed by atoms with E-state index in [1.165, 1.54) is 6.07 Å². The third kappa shape index (κ3) is 6.75. The molecule has 0 radical (unpaired) electrons. The molecule has 0 aliphatic rings. The summed E-state index contributed by atoms with van der Waals surface area (Å²) in [6.07, 6.45) is 5.99. The topological polar surface area (TPSA) is 83.8 Å². The van der Waals surface area contributed by atoms with Crippen LogP contribution in [0.1, 0.15) is 12.0 Å². The number of terminal acetylenes is 1. The van der Waals surface area contributed by atoms with E-state index >= 15 is 0 Å². The monoisotopic (exact) mass is 523 g/mol. The number of sulfone groups is 1. The predicted molar refractivity (Wildman–Crippen MR) is 116 cm³/mol. The fourth-order valence-corrected chi connectivity index (χ4v) is 5.01. The predicted octanol–water partition coefficient (Wildman–Crippen LogP) is 2.90. The molecule has 0 amide bonds. The molecule has 10 heteroatoms. The second kappa shape index (κ2) is 11.0. The van der Waals surface area contributed by atoms with Crippen molar-refractivity contribution in [1.29, 1.82) is 0 Å². The van der Waals surface area contributed by atoms with Crippen LogP contribution < -0.4 is 4.90 Å². The van der Waals surface area contributed by atoms with Crippen molar-refractivity contribution in [2.24, 2.45) is 0 Å². The van der Waals surface area contributed by atoms with Crippen LogP contribution in [-0.2, 0) is 9.84 Å². The maximum absolute atomic E-state index is 13.0. The second-order valence-corrected chi connectivity index (χ2v) is 9.75. The minimum atomic E-state index is -3.76. The summed E-state index contributed by atoms with van der Waals surface area (Å²) >= 11 is 6.73. The minimum Gasteiger partial charge on any atom is -0.368 e. The van der Waals surface area contributed by atoms with Gasteiger partial charge in [0.1, 0.15) is 0 Å². The first-order chi connectivity index (χ1) is 12.7. The maximum Gasteiger partial charge on any atom is 0.272 e. The zero-order chi connectivity index (χ0) is 20.6. The Bertz CT molecular complexity index is 801. The molecule has 0 saturated heterocycles. The minimum absolute atomic E-state index is 0.0784. The number of non-ortho nitro benzene ring substituents is 1. The first-order valence-electron chi connectivity index (χ1n) is 8.21. The number of nitro benzene ring substituents is 1. The van der Waals surface area contributed by atoms with E-state index in [-0.39, 0.29) is 21.9 Å². The highest BCUT2D eigenvalue weighted by Crippen LogP contribution is 2.34. The van der Waals surface area contributed by atoms with Gasteiger partial charge >= 0.3 is 0 Å². The van der Waals surface area contributed by atoms with Crippen LogP contribution in [0.4, 0.5) is 11.4 Å². The van der Waals surface area contributed by atoms with Crippen molar-refractivity contribution < 1.29 is 13.3 Å². The molecule has 0 aliphatic heterocycles. The number of nitro groups is 1. The fraction of sp³-hybridized carbons (Fsp3) is 0.529. The molecule has 0 bridgehead atoms. The quantitative estimate of drug-likeness (QED) is 0.191. The summed E-state index contributed by atoms with van der Waals surface area (Å²) in [5.41, 5.74) is 0.236. The van der Waals surface area contributed by atoms with Crippen molar-refractivity contribution >= 4 is 53.1 Å².